The third-order valence-corrected chi connectivity index (χ3v) is 2.77. The second-order valence-corrected chi connectivity index (χ2v) is 4.83. The van der Waals surface area contributed by atoms with Crippen LogP contribution in [0.5, 0.6) is 5.75 Å². The summed E-state index contributed by atoms with van der Waals surface area (Å²) in [7, 11) is 0. The Balaban J connectivity index is 2.24. The van der Waals surface area contributed by atoms with E-state index in [1.54, 1.807) is 6.92 Å². The van der Waals surface area contributed by atoms with Gasteiger partial charge in [0.05, 0.1) is 25.4 Å². The number of amides is 1. The van der Waals surface area contributed by atoms with Crippen molar-refractivity contribution < 1.29 is 24.1 Å². The molecule has 0 heterocycles. The summed E-state index contributed by atoms with van der Waals surface area (Å²) >= 11 is 0. The second kappa shape index (κ2) is 7.81. The average Bonchev–Trinajstić information content (AvgIpc) is 2.45. The first-order valence-electron chi connectivity index (χ1n) is 6.40. The van der Waals surface area contributed by atoms with Crippen LogP contribution in [-0.4, -0.2) is 41.5 Å². The normalized spacial score (nSPS) is 11.2. The van der Waals surface area contributed by atoms with Gasteiger partial charge in [-0.15, -0.1) is 0 Å². The van der Waals surface area contributed by atoms with Crippen molar-refractivity contribution in [3.05, 3.63) is 30.1 Å². The lowest BCUT2D eigenvalue weighted by Gasteiger charge is -2.26. The van der Waals surface area contributed by atoms with Gasteiger partial charge < -0.3 is 20.3 Å². The fourth-order valence-corrected chi connectivity index (χ4v) is 1.48. The van der Waals surface area contributed by atoms with Crippen molar-refractivity contribution in [3.63, 3.8) is 0 Å². The molecule has 20 heavy (non-hydrogen) atoms. The van der Waals surface area contributed by atoms with Crippen molar-refractivity contribution in [2.45, 2.75) is 25.3 Å². The fraction of sp³-hybridized carbons (Fsp3) is 0.500. The number of benzene rings is 1. The number of aliphatic hydroxyl groups excluding tert-OH is 2. The van der Waals surface area contributed by atoms with E-state index in [0.29, 0.717) is 18.8 Å². The summed E-state index contributed by atoms with van der Waals surface area (Å²) < 4.78 is 18.0. The van der Waals surface area contributed by atoms with Gasteiger partial charge in [0.25, 0.3) is 0 Å². The highest BCUT2D eigenvalue weighted by Crippen LogP contribution is 2.11. The topological polar surface area (TPSA) is 78.8 Å². The van der Waals surface area contributed by atoms with E-state index in [2.05, 4.69) is 5.32 Å². The molecule has 1 aromatic rings. The molecule has 1 amide bonds. The lowest BCUT2D eigenvalue weighted by molar-refractivity contribution is -0.124. The number of rotatable bonds is 8. The monoisotopic (exact) mass is 285 g/mol. The Morgan fingerprint density at radius 2 is 1.90 bits per heavy atom. The second-order valence-electron chi connectivity index (χ2n) is 4.83. The van der Waals surface area contributed by atoms with Gasteiger partial charge in [-0.05, 0) is 37.6 Å². The largest absolute Gasteiger partial charge is 0.494 e. The third-order valence-electron chi connectivity index (χ3n) is 2.77. The van der Waals surface area contributed by atoms with Crippen molar-refractivity contribution in [1.29, 1.82) is 0 Å². The highest BCUT2D eigenvalue weighted by molar-refractivity contribution is 5.76. The van der Waals surface area contributed by atoms with Crippen LogP contribution in [0.2, 0.25) is 0 Å². The van der Waals surface area contributed by atoms with Crippen molar-refractivity contribution >= 4 is 5.91 Å². The van der Waals surface area contributed by atoms with E-state index in [0.717, 1.165) is 0 Å². The van der Waals surface area contributed by atoms with E-state index in [-0.39, 0.29) is 31.4 Å². The zero-order valence-electron chi connectivity index (χ0n) is 11.4. The summed E-state index contributed by atoms with van der Waals surface area (Å²) in [6, 6.07) is 5.64. The summed E-state index contributed by atoms with van der Waals surface area (Å²) in [6.45, 7) is 1.22. The van der Waals surface area contributed by atoms with Crippen LogP contribution in [0.4, 0.5) is 4.39 Å². The minimum Gasteiger partial charge on any atom is -0.494 e. The first-order chi connectivity index (χ1) is 9.49. The first kappa shape index (κ1) is 16.4. The van der Waals surface area contributed by atoms with E-state index in [1.807, 2.05) is 0 Å². The quantitative estimate of drug-likeness (QED) is 0.619. The molecule has 6 heteroatoms. The van der Waals surface area contributed by atoms with Gasteiger partial charge in [0.2, 0.25) is 5.91 Å². The maximum atomic E-state index is 12.7. The van der Waals surface area contributed by atoms with E-state index in [9.17, 15) is 9.18 Å². The molecule has 0 unspecified atom stereocenters. The molecule has 3 N–H and O–H groups in total. The number of hydrogen-bond acceptors (Lipinski definition) is 4. The average molecular weight is 285 g/mol. The van der Waals surface area contributed by atoms with Gasteiger partial charge in [-0.2, -0.15) is 0 Å². The molecule has 112 valence electrons. The molecule has 0 spiro atoms. The number of hydrogen-bond donors (Lipinski definition) is 3. The molecule has 0 aliphatic heterocycles. The van der Waals surface area contributed by atoms with E-state index >= 15 is 0 Å². The Morgan fingerprint density at radius 1 is 1.30 bits per heavy atom. The Kier molecular flexibility index (Phi) is 6.41. The fourth-order valence-electron chi connectivity index (χ4n) is 1.48. The molecule has 0 atom stereocenters. The number of ether oxygens (including phenoxy) is 1. The first-order valence-corrected chi connectivity index (χ1v) is 6.40. The number of nitrogens with one attached hydrogen (secondary N) is 1. The predicted octanol–water partition coefficient (Wildman–Crippen LogP) is 0.844. The molecule has 0 saturated carbocycles. The van der Waals surface area contributed by atoms with Gasteiger partial charge in [0, 0.05) is 6.42 Å². The van der Waals surface area contributed by atoms with Crippen LogP contribution in [0.1, 0.15) is 19.8 Å². The van der Waals surface area contributed by atoms with E-state index in [1.165, 1.54) is 24.3 Å². The minimum atomic E-state index is -1.01. The molecule has 0 aromatic heterocycles. The lowest BCUT2D eigenvalue weighted by atomic mass is 10.1. The van der Waals surface area contributed by atoms with Gasteiger partial charge in [0.15, 0.2) is 0 Å². The van der Waals surface area contributed by atoms with Crippen LogP contribution in [0, 0.1) is 5.82 Å². The van der Waals surface area contributed by atoms with Gasteiger partial charge in [-0.3, -0.25) is 4.79 Å². The Hall–Kier alpha value is -1.66. The molecule has 1 aromatic carbocycles. The molecular formula is C14H20FNO4. The van der Waals surface area contributed by atoms with Crippen LogP contribution in [0.3, 0.4) is 0 Å². The Morgan fingerprint density at radius 3 is 2.45 bits per heavy atom. The standard InChI is InChI=1S/C14H20FNO4/c1-14(9-17,10-18)16-13(19)3-2-8-20-12-6-4-11(15)5-7-12/h4-7,17-18H,2-3,8-10H2,1H3,(H,16,19). The van der Waals surface area contributed by atoms with Crippen molar-refractivity contribution in [1.82, 2.24) is 5.32 Å². The summed E-state index contributed by atoms with van der Waals surface area (Å²) in [5.74, 6) is -0.0512. The minimum absolute atomic E-state index is 0.219. The van der Waals surface area contributed by atoms with E-state index < -0.39 is 5.54 Å². The highest BCUT2D eigenvalue weighted by atomic mass is 19.1. The molecule has 1 rings (SSSR count). The number of aliphatic hydroxyl groups is 2. The highest BCUT2D eigenvalue weighted by Gasteiger charge is 2.23. The van der Waals surface area contributed by atoms with Crippen LogP contribution >= 0.6 is 0 Å². The van der Waals surface area contributed by atoms with Gasteiger partial charge >= 0.3 is 0 Å². The molecule has 0 bridgehead atoms. The van der Waals surface area contributed by atoms with Crippen molar-refractivity contribution in [2.75, 3.05) is 19.8 Å². The molecule has 0 aliphatic rings. The van der Waals surface area contributed by atoms with Crippen LogP contribution in [0.15, 0.2) is 24.3 Å². The number of halogens is 1. The zero-order chi connectivity index (χ0) is 15.0. The SMILES string of the molecule is CC(CO)(CO)NC(=O)CCCOc1ccc(F)cc1. The Labute approximate surface area is 117 Å². The van der Waals surface area contributed by atoms with Crippen LogP contribution in [0.25, 0.3) is 0 Å². The summed E-state index contributed by atoms with van der Waals surface area (Å²) in [5.41, 5.74) is -1.01. The van der Waals surface area contributed by atoms with Crippen molar-refractivity contribution in [2.24, 2.45) is 0 Å². The lowest BCUT2D eigenvalue weighted by Crippen LogP contribution is -2.51. The number of carbonyl (C=O) groups is 1. The van der Waals surface area contributed by atoms with Gasteiger partial charge in [-0.1, -0.05) is 0 Å². The molecule has 0 fully saturated rings. The Bertz CT molecular complexity index is 418. The number of carbonyl (C=O) groups excluding carboxylic acids is 1. The van der Waals surface area contributed by atoms with Gasteiger partial charge in [-0.25, -0.2) is 4.39 Å². The summed E-state index contributed by atoms with van der Waals surface area (Å²) in [5, 5.41) is 20.6. The molecular weight excluding hydrogens is 265 g/mol. The maximum absolute atomic E-state index is 12.7. The summed E-state index contributed by atoms with van der Waals surface area (Å²) in [4.78, 5) is 11.6. The molecule has 0 aliphatic carbocycles. The predicted molar refractivity (Wildman–Crippen MR) is 71.8 cm³/mol. The molecule has 0 radical (unpaired) electrons. The molecule has 5 nitrogen and oxygen atoms in total. The maximum Gasteiger partial charge on any atom is 0.220 e. The van der Waals surface area contributed by atoms with Crippen LogP contribution in [-0.2, 0) is 4.79 Å². The smallest absolute Gasteiger partial charge is 0.220 e. The molecule has 0 saturated heterocycles. The summed E-state index contributed by atoms with van der Waals surface area (Å²) in [6.07, 6.45) is 0.701. The zero-order valence-corrected chi connectivity index (χ0v) is 11.4. The van der Waals surface area contributed by atoms with E-state index in [4.69, 9.17) is 14.9 Å². The van der Waals surface area contributed by atoms with Crippen molar-refractivity contribution in [3.8, 4) is 5.75 Å². The third kappa shape index (κ3) is 5.54. The van der Waals surface area contributed by atoms with Crippen LogP contribution < -0.4 is 10.1 Å². The van der Waals surface area contributed by atoms with Gasteiger partial charge in [0.1, 0.15) is 11.6 Å².